The van der Waals surface area contributed by atoms with E-state index in [-0.39, 0.29) is 19.1 Å². The minimum Gasteiger partial charge on any atom is -0.481 e. The average molecular weight is 245 g/mol. The summed E-state index contributed by atoms with van der Waals surface area (Å²) >= 11 is 0. The number of carbonyl (C=O) groups excluding carboxylic acids is 1. The molecule has 0 saturated carbocycles. The topological polar surface area (TPSA) is 76.1 Å². The van der Waals surface area contributed by atoms with E-state index in [0.29, 0.717) is 6.54 Å². The van der Waals surface area contributed by atoms with Crippen LogP contribution in [0.2, 0.25) is 0 Å². The number of carbonyl (C=O) groups is 2. The molecule has 0 bridgehead atoms. The Labute approximate surface area is 100 Å². The van der Waals surface area contributed by atoms with Crippen molar-refractivity contribution in [2.24, 2.45) is 5.92 Å². The molecule has 1 aliphatic heterocycles. The van der Waals surface area contributed by atoms with Gasteiger partial charge in [-0.05, 0) is 13.8 Å². The van der Waals surface area contributed by atoms with Crippen LogP contribution in [0.5, 0.6) is 0 Å². The van der Waals surface area contributed by atoms with Gasteiger partial charge in [0.25, 0.3) is 5.91 Å². The molecule has 0 spiro atoms. The Morgan fingerprint density at radius 2 is 2.18 bits per heavy atom. The van der Waals surface area contributed by atoms with Crippen molar-refractivity contribution in [1.82, 2.24) is 4.90 Å². The predicted molar refractivity (Wildman–Crippen MR) is 59.6 cm³/mol. The van der Waals surface area contributed by atoms with Crippen LogP contribution in [0.25, 0.3) is 0 Å². The maximum absolute atomic E-state index is 12.0. The van der Waals surface area contributed by atoms with Crippen LogP contribution < -0.4 is 0 Å². The van der Waals surface area contributed by atoms with Crippen LogP contribution in [0.4, 0.5) is 0 Å². The third kappa shape index (κ3) is 2.95. The van der Waals surface area contributed by atoms with Crippen molar-refractivity contribution in [2.75, 3.05) is 26.9 Å². The molecule has 1 heterocycles. The van der Waals surface area contributed by atoms with Crippen molar-refractivity contribution in [3.05, 3.63) is 0 Å². The molecule has 0 aromatic heterocycles. The van der Waals surface area contributed by atoms with Crippen LogP contribution in [0, 0.1) is 5.92 Å². The number of rotatable bonds is 5. The van der Waals surface area contributed by atoms with Gasteiger partial charge in [0, 0.05) is 13.7 Å². The van der Waals surface area contributed by atoms with Crippen LogP contribution in [0.1, 0.15) is 13.8 Å². The summed E-state index contributed by atoms with van der Waals surface area (Å²) in [4.78, 5) is 24.6. The molecule has 17 heavy (non-hydrogen) atoms. The van der Waals surface area contributed by atoms with Crippen molar-refractivity contribution in [2.45, 2.75) is 26.0 Å². The maximum atomic E-state index is 12.0. The van der Waals surface area contributed by atoms with E-state index in [1.54, 1.807) is 6.92 Å². The lowest BCUT2D eigenvalue weighted by Gasteiger charge is -2.31. The highest BCUT2D eigenvalue weighted by Gasteiger charge is 2.40. The summed E-state index contributed by atoms with van der Waals surface area (Å²) in [7, 11) is 1.45. The highest BCUT2D eigenvalue weighted by atomic mass is 16.5. The second-order valence-corrected chi connectivity index (χ2v) is 4.05. The summed E-state index contributed by atoms with van der Waals surface area (Å²) < 4.78 is 10.1. The molecule has 0 radical (unpaired) electrons. The lowest BCUT2D eigenvalue weighted by atomic mass is 10.0. The highest BCUT2D eigenvalue weighted by Crippen LogP contribution is 2.21. The van der Waals surface area contributed by atoms with Crippen LogP contribution in [0.3, 0.4) is 0 Å². The van der Waals surface area contributed by atoms with Gasteiger partial charge in [-0.25, -0.2) is 0 Å². The maximum Gasteiger partial charge on any atom is 0.311 e. The quantitative estimate of drug-likeness (QED) is 0.736. The van der Waals surface area contributed by atoms with Crippen LogP contribution >= 0.6 is 0 Å². The van der Waals surface area contributed by atoms with Gasteiger partial charge in [-0.1, -0.05) is 0 Å². The first-order chi connectivity index (χ1) is 8.02. The van der Waals surface area contributed by atoms with E-state index in [9.17, 15) is 9.59 Å². The molecule has 6 heteroatoms. The standard InChI is InChI=1S/C11H19NO5/c1-4-12(10(13)7(2)16-3)9-6-17-5-8(9)11(14)15/h7-9H,4-6H2,1-3H3,(H,14,15). The fraction of sp³-hybridized carbons (Fsp3) is 0.818. The molecule has 1 rings (SSSR count). The summed E-state index contributed by atoms with van der Waals surface area (Å²) in [6.45, 7) is 4.34. The largest absolute Gasteiger partial charge is 0.481 e. The lowest BCUT2D eigenvalue weighted by Crippen LogP contribution is -2.49. The molecule has 0 aromatic rings. The molecule has 1 N–H and O–H groups in total. The molecule has 6 nitrogen and oxygen atoms in total. The Balaban J connectivity index is 2.79. The van der Waals surface area contributed by atoms with Crippen molar-refractivity contribution in [3.63, 3.8) is 0 Å². The number of methoxy groups -OCH3 is 1. The van der Waals surface area contributed by atoms with Crippen LogP contribution in [0.15, 0.2) is 0 Å². The average Bonchev–Trinajstić information content (AvgIpc) is 2.78. The summed E-state index contributed by atoms with van der Waals surface area (Å²) in [6.07, 6.45) is -0.565. The van der Waals surface area contributed by atoms with E-state index in [2.05, 4.69) is 0 Å². The Bertz CT molecular complexity index is 294. The fourth-order valence-corrected chi connectivity index (χ4v) is 1.97. The smallest absolute Gasteiger partial charge is 0.311 e. The van der Waals surface area contributed by atoms with Crippen LogP contribution in [-0.2, 0) is 19.1 Å². The van der Waals surface area contributed by atoms with Crippen LogP contribution in [-0.4, -0.2) is 60.9 Å². The summed E-state index contributed by atoms with van der Waals surface area (Å²) in [5.41, 5.74) is 0. The van der Waals surface area contributed by atoms with Gasteiger partial charge in [-0.3, -0.25) is 9.59 Å². The molecular weight excluding hydrogens is 226 g/mol. The molecular formula is C11H19NO5. The number of hydrogen-bond acceptors (Lipinski definition) is 4. The number of carboxylic acids is 1. The van der Waals surface area contributed by atoms with Gasteiger partial charge in [0.2, 0.25) is 0 Å². The highest BCUT2D eigenvalue weighted by molar-refractivity contribution is 5.82. The normalized spacial score (nSPS) is 25.6. The zero-order chi connectivity index (χ0) is 13.0. The van der Waals surface area contributed by atoms with Gasteiger partial charge in [0.15, 0.2) is 0 Å². The number of hydrogen-bond donors (Lipinski definition) is 1. The Morgan fingerprint density at radius 1 is 1.53 bits per heavy atom. The SMILES string of the molecule is CCN(C(=O)C(C)OC)C1COCC1C(=O)O. The molecule has 1 aliphatic rings. The van der Waals surface area contributed by atoms with Crippen molar-refractivity contribution < 1.29 is 24.2 Å². The molecule has 3 atom stereocenters. The van der Waals surface area contributed by atoms with Crippen molar-refractivity contribution >= 4 is 11.9 Å². The molecule has 1 amide bonds. The van der Waals surface area contributed by atoms with E-state index in [1.165, 1.54) is 12.0 Å². The van der Waals surface area contributed by atoms with Crippen molar-refractivity contribution in [1.29, 1.82) is 0 Å². The minimum atomic E-state index is -0.927. The minimum absolute atomic E-state index is 0.158. The van der Waals surface area contributed by atoms with E-state index in [1.807, 2.05) is 6.92 Å². The molecule has 3 unspecified atom stereocenters. The van der Waals surface area contributed by atoms with E-state index >= 15 is 0 Å². The third-order valence-corrected chi connectivity index (χ3v) is 3.09. The predicted octanol–water partition coefficient (Wildman–Crippen LogP) is -0.0306. The molecule has 1 fully saturated rings. The van der Waals surface area contributed by atoms with Crippen molar-refractivity contribution in [3.8, 4) is 0 Å². The summed E-state index contributed by atoms with van der Waals surface area (Å²) in [5, 5.41) is 9.06. The van der Waals surface area contributed by atoms with E-state index in [4.69, 9.17) is 14.6 Å². The van der Waals surface area contributed by atoms with Gasteiger partial charge < -0.3 is 19.5 Å². The molecule has 98 valence electrons. The van der Waals surface area contributed by atoms with Gasteiger partial charge in [0.05, 0.1) is 19.3 Å². The van der Waals surface area contributed by atoms with E-state index in [0.717, 1.165) is 0 Å². The zero-order valence-corrected chi connectivity index (χ0v) is 10.4. The number of likely N-dealkylation sites (N-methyl/N-ethyl adjacent to an activating group) is 1. The first-order valence-corrected chi connectivity index (χ1v) is 5.66. The Morgan fingerprint density at radius 3 is 2.65 bits per heavy atom. The van der Waals surface area contributed by atoms with Gasteiger partial charge in [-0.15, -0.1) is 0 Å². The first-order valence-electron chi connectivity index (χ1n) is 5.66. The monoisotopic (exact) mass is 245 g/mol. The zero-order valence-electron chi connectivity index (χ0n) is 10.4. The molecule has 0 aromatic carbocycles. The fourth-order valence-electron chi connectivity index (χ4n) is 1.97. The van der Waals surface area contributed by atoms with E-state index < -0.39 is 24.0 Å². The Hall–Kier alpha value is -1.14. The summed E-state index contributed by atoms with van der Waals surface area (Å²) in [6, 6.07) is -0.400. The summed E-state index contributed by atoms with van der Waals surface area (Å²) in [5.74, 6) is -1.77. The number of aliphatic carboxylic acids is 1. The Kier molecular flexibility index (Phi) is 4.89. The lowest BCUT2D eigenvalue weighted by molar-refractivity contribution is -0.148. The van der Waals surface area contributed by atoms with Gasteiger partial charge in [-0.2, -0.15) is 0 Å². The number of nitrogens with zero attached hydrogens (tertiary/aromatic N) is 1. The van der Waals surface area contributed by atoms with Gasteiger partial charge in [0.1, 0.15) is 12.0 Å². The third-order valence-electron chi connectivity index (χ3n) is 3.09. The number of carboxylic acid groups (broad SMARTS) is 1. The second-order valence-electron chi connectivity index (χ2n) is 4.05. The molecule has 0 aliphatic carbocycles. The first kappa shape index (κ1) is 13.9. The molecule has 1 saturated heterocycles. The number of ether oxygens (including phenoxy) is 2. The number of amides is 1. The second kappa shape index (κ2) is 5.97. The van der Waals surface area contributed by atoms with Gasteiger partial charge >= 0.3 is 5.97 Å².